The highest BCUT2D eigenvalue weighted by Crippen LogP contribution is 2.25. The summed E-state index contributed by atoms with van der Waals surface area (Å²) in [6, 6.07) is 26.3. The minimum Gasteiger partial charge on any atom is -0.493 e. The first kappa shape index (κ1) is 18.6. The van der Waals surface area contributed by atoms with Gasteiger partial charge in [0.15, 0.2) is 11.5 Å². The number of nitrogens with one attached hydrogen (secondary N) is 1. The summed E-state index contributed by atoms with van der Waals surface area (Å²) in [6.07, 6.45) is 0. The maximum Gasteiger partial charge on any atom is 0.188 e. The lowest BCUT2D eigenvalue weighted by atomic mass is 10.0. The van der Waals surface area contributed by atoms with E-state index in [1.165, 1.54) is 11.1 Å². The first-order chi connectivity index (χ1) is 12.4. The molecule has 3 nitrogen and oxygen atoms in total. The lowest BCUT2D eigenvalue weighted by molar-refractivity contribution is 0.182. The summed E-state index contributed by atoms with van der Waals surface area (Å²) in [7, 11) is 1.63. The van der Waals surface area contributed by atoms with Crippen molar-refractivity contribution in [2.45, 2.75) is 20.4 Å². The topological polar surface area (TPSA) is 30.5 Å². The van der Waals surface area contributed by atoms with Crippen LogP contribution in [-0.2, 0) is 6.54 Å². The van der Waals surface area contributed by atoms with E-state index in [0.29, 0.717) is 18.0 Å². The monoisotopic (exact) mass is 335 g/mol. The van der Waals surface area contributed by atoms with Crippen molar-refractivity contribution in [1.82, 2.24) is 5.48 Å². The molecule has 0 saturated carbocycles. The van der Waals surface area contributed by atoms with Crippen LogP contribution in [0.2, 0.25) is 0 Å². The van der Waals surface area contributed by atoms with E-state index < -0.39 is 0 Å². The minimum atomic E-state index is 0.610. The van der Waals surface area contributed by atoms with E-state index in [4.69, 9.17) is 9.57 Å². The predicted molar refractivity (Wildman–Crippen MR) is 104 cm³/mol. The van der Waals surface area contributed by atoms with Crippen LogP contribution in [-0.4, -0.2) is 7.11 Å². The number of benzene rings is 3. The summed E-state index contributed by atoms with van der Waals surface area (Å²) in [5.74, 6) is 1.38. The third-order valence-corrected chi connectivity index (χ3v) is 3.56. The summed E-state index contributed by atoms with van der Waals surface area (Å²) in [6.45, 7) is 4.61. The van der Waals surface area contributed by atoms with Crippen molar-refractivity contribution in [2.75, 3.05) is 7.11 Å². The number of para-hydroxylation sites is 2. The Bertz CT molecular complexity index is 757. The average Bonchev–Trinajstić information content (AvgIpc) is 2.71. The van der Waals surface area contributed by atoms with Crippen molar-refractivity contribution in [3.63, 3.8) is 0 Å². The maximum absolute atomic E-state index is 5.60. The molecule has 1 N–H and O–H groups in total. The van der Waals surface area contributed by atoms with Crippen LogP contribution in [0.5, 0.6) is 11.5 Å². The molecule has 0 radical (unpaired) electrons. The summed E-state index contributed by atoms with van der Waals surface area (Å²) in [5.41, 5.74) is 6.55. The van der Waals surface area contributed by atoms with Crippen LogP contribution in [0, 0.1) is 0 Å². The highest BCUT2D eigenvalue weighted by Gasteiger charge is 2.03. The lowest BCUT2D eigenvalue weighted by Crippen LogP contribution is -2.18. The average molecular weight is 335 g/mol. The fraction of sp³-hybridized carbons (Fsp3) is 0.182. The van der Waals surface area contributed by atoms with Gasteiger partial charge < -0.3 is 9.57 Å². The van der Waals surface area contributed by atoms with Gasteiger partial charge in [-0.3, -0.25) is 0 Å². The Balaban J connectivity index is 0.00000109. The molecule has 25 heavy (non-hydrogen) atoms. The Hall–Kier alpha value is -2.78. The van der Waals surface area contributed by atoms with Gasteiger partial charge in [-0.05, 0) is 34.9 Å². The van der Waals surface area contributed by atoms with Gasteiger partial charge in [-0.15, -0.1) is 0 Å². The molecule has 0 aliphatic rings. The van der Waals surface area contributed by atoms with Crippen molar-refractivity contribution in [3.8, 4) is 22.6 Å². The van der Waals surface area contributed by atoms with Gasteiger partial charge in [0.2, 0.25) is 0 Å². The molecule has 3 heteroatoms. The molecule has 0 aromatic heterocycles. The van der Waals surface area contributed by atoms with Crippen LogP contribution in [0.25, 0.3) is 11.1 Å². The first-order valence-corrected chi connectivity index (χ1v) is 8.54. The molecular weight excluding hydrogens is 310 g/mol. The molecule has 0 spiro atoms. The molecule has 3 aromatic carbocycles. The Morgan fingerprint density at radius 2 is 1.36 bits per heavy atom. The molecule has 130 valence electrons. The third kappa shape index (κ3) is 5.37. The number of methoxy groups -OCH3 is 1. The highest BCUT2D eigenvalue weighted by atomic mass is 16.7. The summed E-state index contributed by atoms with van der Waals surface area (Å²) >= 11 is 0. The standard InChI is InChI=1S/C20H19NO2.C2H6/c1-22-19-12-5-6-13-20(19)23-21-15-16-8-7-11-18(14-16)17-9-3-2-4-10-17;1-2/h2-14,21H,15H2,1H3;1-2H3. The van der Waals surface area contributed by atoms with E-state index in [9.17, 15) is 0 Å². The van der Waals surface area contributed by atoms with E-state index in [0.717, 1.165) is 5.56 Å². The van der Waals surface area contributed by atoms with Crippen LogP contribution >= 0.6 is 0 Å². The number of hydrogen-bond acceptors (Lipinski definition) is 3. The van der Waals surface area contributed by atoms with Gasteiger partial charge in [0.1, 0.15) is 0 Å². The van der Waals surface area contributed by atoms with Crippen LogP contribution in [0.3, 0.4) is 0 Å². The van der Waals surface area contributed by atoms with Gasteiger partial charge in [0.05, 0.1) is 13.7 Å². The highest BCUT2D eigenvalue weighted by molar-refractivity contribution is 5.63. The zero-order chi connectivity index (χ0) is 17.9. The second-order valence-electron chi connectivity index (χ2n) is 5.14. The number of rotatable bonds is 6. The van der Waals surface area contributed by atoms with E-state index in [2.05, 4.69) is 41.9 Å². The molecule has 0 unspecified atom stereocenters. The van der Waals surface area contributed by atoms with Gasteiger partial charge >= 0.3 is 0 Å². The Labute approximate surface area is 150 Å². The van der Waals surface area contributed by atoms with Crippen molar-refractivity contribution < 1.29 is 9.57 Å². The Morgan fingerprint density at radius 1 is 0.720 bits per heavy atom. The normalized spacial score (nSPS) is 9.72. The lowest BCUT2D eigenvalue weighted by Gasteiger charge is -2.11. The SMILES string of the molecule is CC.COc1ccccc1ONCc1cccc(-c2ccccc2)c1. The largest absolute Gasteiger partial charge is 0.493 e. The van der Waals surface area contributed by atoms with Crippen LogP contribution < -0.4 is 15.1 Å². The molecule has 0 aliphatic heterocycles. The minimum absolute atomic E-state index is 0.610. The first-order valence-electron chi connectivity index (χ1n) is 8.54. The smallest absolute Gasteiger partial charge is 0.188 e. The van der Waals surface area contributed by atoms with Crippen molar-refractivity contribution >= 4 is 0 Å². The van der Waals surface area contributed by atoms with Crippen LogP contribution in [0.15, 0.2) is 78.9 Å². The van der Waals surface area contributed by atoms with Crippen LogP contribution in [0.1, 0.15) is 19.4 Å². The van der Waals surface area contributed by atoms with Crippen LogP contribution in [0.4, 0.5) is 0 Å². The Morgan fingerprint density at radius 3 is 2.08 bits per heavy atom. The van der Waals surface area contributed by atoms with Crippen molar-refractivity contribution in [3.05, 3.63) is 84.4 Å². The second-order valence-corrected chi connectivity index (χ2v) is 5.14. The predicted octanol–water partition coefficient (Wildman–Crippen LogP) is 5.47. The molecule has 0 atom stereocenters. The van der Waals surface area contributed by atoms with Gasteiger partial charge in [0.25, 0.3) is 0 Å². The van der Waals surface area contributed by atoms with Crippen molar-refractivity contribution in [1.29, 1.82) is 0 Å². The summed E-state index contributed by atoms with van der Waals surface area (Å²) in [4.78, 5) is 5.60. The van der Waals surface area contributed by atoms with Gasteiger partial charge in [-0.1, -0.05) is 74.5 Å². The fourth-order valence-electron chi connectivity index (χ4n) is 2.39. The van der Waals surface area contributed by atoms with Gasteiger partial charge in [0, 0.05) is 0 Å². The molecule has 0 amide bonds. The van der Waals surface area contributed by atoms with E-state index >= 15 is 0 Å². The molecular formula is C22H25NO2. The third-order valence-electron chi connectivity index (χ3n) is 3.56. The zero-order valence-electron chi connectivity index (χ0n) is 15.0. The molecule has 0 fully saturated rings. The molecule has 0 heterocycles. The second kappa shape index (κ2) is 10.2. The molecule has 0 saturated heterocycles. The number of hydrogen-bond donors (Lipinski definition) is 1. The molecule has 3 rings (SSSR count). The molecule has 3 aromatic rings. The molecule has 0 bridgehead atoms. The Kier molecular flexibility index (Phi) is 7.54. The van der Waals surface area contributed by atoms with Gasteiger partial charge in [-0.2, -0.15) is 5.48 Å². The fourth-order valence-corrected chi connectivity index (χ4v) is 2.39. The molecule has 0 aliphatic carbocycles. The number of hydroxylamine groups is 1. The van der Waals surface area contributed by atoms with E-state index in [1.807, 2.05) is 56.3 Å². The summed E-state index contributed by atoms with van der Waals surface area (Å²) < 4.78 is 5.26. The maximum atomic E-state index is 5.60. The van der Waals surface area contributed by atoms with Crippen molar-refractivity contribution in [2.24, 2.45) is 0 Å². The zero-order valence-corrected chi connectivity index (χ0v) is 15.0. The van der Waals surface area contributed by atoms with E-state index in [-0.39, 0.29) is 0 Å². The van der Waals surface area contributed by atoms with E-state index in [1.54, 1.807) is 7.11 Å². The quantitative estimate of drug-likeness (QED) is 0.606. The van der Waals surface area contributed by atoms with Gasteiger partial charge in [-0.25, -0.2) is 0 Å². The summed E-state index contributed by atoms with van der Waals surface area (Å²) in [5, 5.41) is 0. The number of ether oxygens (including phenoxy) is 1.